The molecule has 0 amide bonds. The molecule has 0 aromatic rings. The van der Waals surface area contributed by atoms with E-state index in [-0.39, 0.29) is 37.1 Å². The summed E-state index contributed by atoms with van der Waals surface area (Å²) in [4.78, 5) is 0. The van der Waals surface area contributed by atoms with Crippen LogP contribution in [0.2, 0.25) is 0 Å². The van der Waals surface area contributed by atoms with E-state index in [9.17, 15) is 0 Å². The molecule has 0 radical (unpaired) electrons. The summed E-state index contributed by atoms with van der Waals surface area (Å²) >= 11 is 1.90. The van der Waals surface area contributed by atoms with Gasteiger partial charge in [-0.15, -0.1) is 0 Å². The van der Waals surface area contributed by atoms with Gasteiger partial charge in [-0.3, -0.25) is 0 Å². The van der Waals surface area contributed by atoms with E-state index in [0.29, 0.717) is 0 Å². The molecule has 2 nitrogen and oxygen atoms in total. The predicted octanol–water partition coefficient (Wildman–Crippen LogP) is 6.64. The average molecular weight is 305 g/mol. The molecule has 0 heterocycles. The van der Waals surface area contributed by atoms with Crippen LogP contribution < -0.4 is 0 Å². The molecule has 130 valence electrons. The van der Waals surface area contributed by atoms with Crippen molar-refractivity contribution in [3.63, 3.8) is 0 Å². The molecule has 19 heavy (non-hydrogen) atoms. The molecule has 0 aliphatic heterocycles. The molecule has 0 atom stereocenters. The summed E-state index contributed by atoms with van der Waals surface area (Å²) in [6, 6.07) is 0. The molecule has 0 saturated carbocycles. The molecule has 3 heteroatoms. The molecular formula is C16H48O2S. The molecule has 0 aliphatic carbocycles. The summed E-state index contributed by atoms with van der Waals surface area (Å²) in [5, 5.41) is 0. The van der Waals surface area contributed by atoms with Crippen molar-refractivity contribution >= 4 is 11.8 Å². The van der Waals surface area contributed by atoms with Crippen LogP contribution in [0.3, 0.4) is 0 Å². The topological polar surface area (TPSA) is 18.5 Å². The highest BCUT2D eigenvalue weighted by molar-refractivity contribution is 7.98. The van der Waals surface area contributed by atoms with E-state index >= 15 is 0 Å². The second-order valence-electron chi connectivity index (χ2n) is 2.56. The summed E-state index contributed by atoms with van der Waals surface area (Å²) in [5.41, 5.74) is 0. The Kier molecular flexibility index (Phi) is 212. The maximum absolute atomic E-state index is 4.69. The van der Waals surface area contributed by atoms with Crippen molar-refractivity contribution in [2.75, 3.05) is 39.4 Å². The van der Waals surface area contributed by atoms with Crippen molar-refractivity contribution in [3.8, 4) is 0 Å². The van der Waals surface area contributed by atoms with Gasteiger partial charge < -0.3 is 9.47 Å². The smallest absolute Gasteiger partial charge is 0.0459 e. The van der Waals surface area contributed by atoms with Crippen molar-refractivity contribution in [2.45, 2.75) is 70.7 Å². The summed E-state index contributed by atoms with van der Waals surface area (Å²) in [6.45, 7) is 7.94. The first-order chi connectivity index (χ1) is 6.74. The van der Waals surface area contributed by atoms with Crippen LogP contribution in [0, 0.1) is 0 Å². The first-order valence-corrected chi connectivity index (χ1v) is 6.61. The lowest BCUT2D eigenvalue weighted by Crippen LogP contribution is -1.80. The minimum Gasteiger partial charge on any atom is -0.385 e. The van der Waals surface area contributed by atoms with Crippen LogP contribution in [0.15, 0.2) is 0 Å². The molecular weight excluding hydrogens is 256 g/mol. The van der Waals surface area contributed by atoms with E-state index in [1.54, 1.807) is 14.2 Å². The van der Waals surface area contributed by atoms with Gasteiger partial charge in [0.1, 0.15) is 0 Å². The van der Waals surface area contributed by atoms with Gasteiger partial charge in [0.15, 0.2) is 0 Å². The van der Waals surface area contributed by atoms with Crippen molar-refractivity contribution < 1.29 is 9.47 Å². The van der Waals surface area contributed by atoms with Crippen LogP contribution in [-0.4, -0.2) is 39.4 Å². The standard InChI is InChI=1S/C4H10O.C4H10S.C3H8O.5CH4/c2*1-3-4-5-2;1-3-4-2;;;;;/h2*3-4H2,1-2H3;3H2,1-2H3;5*1H4. The lowest BCUT2D eigenvalue weighted by atomic mass is 10.5. The SMILES string of the molecule is C.C.C.C.C.CCCOC.CCCSC.CCOC. The fourth-order valence-electron chi connectivity index (χ4n) is 0.408. The van der Waals surface area contributed by atoms with Crippen LogP contribution in [0.1, 0.15) is 70.7 Å². The van der Waals surface area contributed by atoms with Crippen molar-refractivity contribution in [1.82, 2.24) is 0 Å². The Hall–Kier alpha value is 0.270. The molecule has 0 rings (SSSR count). The summed E-state index contributed by atoms with van der Waals surface area (Å²) in [7, 11) is 3.39. The fraction of sp³-hybridized carbons (Fsp3) is 1.00. The molecule has 0 unspecified atom stereocenters. The Morgan fingerprint density at radius 2 is 1.11 bits per heavy atom. The average Bonchev–Trinajstić information content (AvgIpc) is 2.22. The Morgan fingerprint density at radius 3 is 1.11 bits per heavy atom. The van der Waals surface area contributed by atoms with Crippen LogP contribution >= 0.6 is 11.8 Å². The summed E-state index contributed by atoms with van der Waals surface area (Å²) in [6.07, 6.45) is 4.56. The molecule has 0 aromatic carbocycles. The number of thioether (sulfide) groups is 1. The zero-order chi connectivity index (χ0) is 11.7. The fourth-order valence-corrected chi connectivity index (χ4v) is 0.816. The number of hydrogen-bond acceptors (Lipinski definition) is 3. The highest BCUT2D eigenvalue weighted by Gasteiger charge is 1.67. The van der Waals surface area contributed by atoms with E-state index in [4.69, 9.17) is 4.74 Å². The molecule has 0 bridgehead atoms. The number of methoxy groups -OCH3 is 2. The monoisotopic (exact) mass is 304 g/mol. The van der Waals surface area contributed by atoms with Gasteiger partial charge in [-0.25, -0.2) is 0 Å². The van der Waals surface area contributed by atoms with Gasteiger partial charge in [-0.2, -0.15) is 11.8 Å². The summed E-state index contributed by atoms with van der Waals surface area (Å²) < 4.78 is 9.23. The highest BCUT2D eigenvalue weighted by atomic mass is 32.2. The van der Waals surface area contributed by atoms with Crippen LogP contribution in [-0.2, 0) is 9.47 Å². The zero-order valence-electron chi connectivity index (χ0n) is 10.8. The minimum absolute atomic E-state index is 0. The highest BCUT2D eigenvalue weighted by Crippen LogP contribution is 1.91. The van der Waals surface area contributed by atoms with E-state index in [1.807, 2.05) is 18.7 Å². The second kappa shape index (κ2) is 79.7. The Labute approximate surface area is 132 Å². The number of rotatable bonds is 5. The molecule has 0 aliphatic rings. The van der Waals surface area contributed by atoms with Gasteiger partial charge in [0.05, 0.1) is 0 Å². The van der Waals surface area contributed by atoms with E-state index in [2.05, 4.69) is 24.8 Å². The van der Waals surface area contributed by atoms with Gasteiger partial charge in [0.25, 0.3) is 0 Å². The Morgan fingerprint density at radius 1 is 0.737 bits per heavy atom. The zero-order valence-corrected chi connectivity index (χ0v) is 11.6. The first-order valence-electron chi connectivity index (χ1n) is 5.21. The van der Waals surface area contributed by atoms with Gasteiger partial charge in [-0.05, 0) is 31.8 Å². The van der Waals surface area contributed by atoms with Crippen molar-refractivity contribution in [1.29, 1.82) is 0 Å². The van der Waals surface area contributed by atoms with Crippen LogP contribution in [0.5, 0.6) is 0 Å². The van der Waals surface area contributed by atoms with Gasteiger partial charge in [-0.1, -0.05) is 51.0 Å². The van der Waals surface area contributed by atoms with Crippen LogP contribution in [0.4, 0.5) is 0 Å². The van der Waals surface area contributed by atoms with Crippen molar-refractivity contribution in [2.24, 2.45) is 0 Å². The maximum Gasteiger partial charge on any atom is 0.0459 e. The van der Waals surface area contributed by atoms with E-state index < -0.39 is 0 Å². The second-order valence-corrected chi connectivity index (χ2v) is 3.55. The van der Waals surface area contributed by atoms with E-state index in [0.717, 1.165) is 19.6 Å². The third kappa shape index (κ3) is 174. The number of hydrogen-bond donors (Lipinski definition) is 0. The normalized spacial score (nSPS) is 6.00. The van der Waals surface area contributed by atoms with E-state index in [1.165, 1.54) is 12.2 Å². The third-order valence-electron chi connectivity index (χ3n) is 1.11. The predicted molar refractivity (Wildman–Crippen MR) is 102 cm³/mol. The summed E-state index contributed by atoms with van der Waals surface area (Å²) in [5.74, 6) is 1.31. The number of ether oxygens (including phenoxy) is 2. The molecule has 0 spiro atoms. The molecule has 0 fully saturated rings. The van der Waals surface area contributed by atoms with Gasteiger partial charge in [0.2, 0.25) is 0 Å². The quantitative estimate of drug-likeness (QED) is 0.567. The van der Waals surface area contributed by atoms with Gasteiger partial charge >= 0.3 is 0 Å². The molecule has 0 aromatic heterocycles. The Bertz CT molecular complexity index is 50.7. The van der Waals surface area contributed by atoms with Crippen LogP contribution in [0.25, 0.3) is 0 Å². The lowest BCUT2D eigenvalue weighted by Gasteiger charge is -1.84. The first kappa shape index (κ1) is 50.6. The maximum atomic E-state index is 4.69. The molecule has 0 N–H and O–H groups in total. The molecule has 0 saturated heterocycles. The van der Waals surface area contributed by atoms with Crippen molar-refractivity contribution in [3.05, 3.63) is 0 Å². The van der Waals surface area contributed by atoms with Gasteiger partial charge in [0, 0.05) is 27.4 Å². The largest absolute Gasteiger partial charge is 0.385 e. The minimum atomic E-state index is 0. The Balaban J connectivity index is -0.0000000141. The lowest BCUT2D eigenvalue weighted by molar-refractivity contribution is 0.199. The third-order valence-corrected chi connectivity index (χ3v) is 1.92.